The average Bonchev–Trinajstić information content (AvgIpc) is 3.01. The highest BCUT2D eigenvalue weighted by atomic mass is 32.2. The third-order valence-corrected chi connectivity index (χ3v) is 10.2. The van der Waals surface area contributed by atoms with Crippen molar-refractivity contribution in [3.05, 3.63) is 12.2 Å². The number of rotatable bonds is 8. The van der Waals surface area contributed by atoms with E-state index < -0.39 is 39.4 Å². The molecule has 1 aliphatic heterocycles. The van der Waals surface area contributed by atoms with Gasteiger partial charge in [0.15, 0.2) is 0 Å². The molecule has 0 aromatic carbocycles. The highest BCUT2D eigenvalue weighted by molar-refractivity contribution is 8.02. The first-order valence-corrected chi connectivity index (χ1v) is 15.3. The summed E-state index contributed by atoms with van der Waals surface area (Å²) >= 11 is 1.47. The van der Waals surface area contributed by atoms with Crippen molar-refractivity contribution in [2.24, 2.45) is 23.7 Å². The molecule has 38 heavy (non-hydrogen) atoms. The van der Waals surface area contributed by atoms with Crippen LogP contribution in [0.1, 0.15) is 107 Å². The zero-order valence-electron chi connectivity index (χ0n) is 24.7. The van der Waals surface area contributed by atoms with Crippen LogP contribution in [-0.4, -0.2) is 55.3 Å². The van der Waals surface area contributed by atoms with Gasteiger partial charge < -0.3 is 20.1 Å². The smallest absolute Gasteiger partial charge is 0.408 e. The highest BCUT2D eigenvalue weighted by Gasteiger charge is 2.58. The van der Waals surface area contributed by atoms with Gasteiger partial charge in [0.2, 0.25) is 5.91 Å². The van der Waals surface area contributed by atoms with E-state index >= 15 is 0 Å². The second kappa shape index (κ2) is 11.8. The summed E-state index contributed by atoms with van der Waals surface area (Å²) in [5.41, 5.74) is -0.656. The van der Waals surface area contributed by atoms with E-state index in [4.69, 9.17) is 4.74 Å². The minimum absolute atomic E-state index is 0.121. The fourth-order valence-corrected chi connectivity index (χ4v) is 8.90. The molecule has 2 N–H and O–H groups in total. The number of nitrogens with one attached hydrogen (secondary N) is 1. The monoisotopic (exact) mass is 550 g/mol. The molecule has 0 radical (unpaired) electrons. The number of carbonyl (C=O) groups excluding carboxylic acids is 2. The minimum Gasteiger partial charge on any atom is -0.480 e. The first-order chi connectivity index (χ1) is 17.5. The number of carboxylic acid groups (broad SMARTS) is 1. The van der Waals surface area contributed by atoms with Crippen molar-refractivity contribution in [2.45, 2.75) is 134 Å². The molecule has 1 saturated carbocycles. The van der Waals surface area contributed by atoms with Gasteiger partial charge in [-0.25, -0.2) is 9.59 Å². The van der Waals surface area contributed by atoms with E-state index in [-0.39, 0.29) is 17.7 Å². The summed E-state index contributed by atoms with van der Waals surface area (Å²) in [6.07, 6.45) is 12.6. The molecule has 2 amide bonds. The molecule has 1 heterocycles. The number of amides is 2. The predicted octanol–water partition coefficient (Wildman–Crippen LogP) is 6.61. The van der Waals surface area contributed by atoms with Gasteiger partial charge >= 0.3 is 12.1 Å². The van der Waals surface area contributed by atoms with E-state index in [0.29, 0.717) is 18.3 Å². The second-order valence-corrected chi connectivity index (χ2v) is 15.8. The fourth-order valence-electron chi connectivity index (χ4n) is 7.00. The topological polar surface area (TPSA) is 95.9 Å². The largest absolute Gasteiger partial charge is 0.480 e. The lowest BCUT2D eigenvalue weighted by Gasteiger charge is -2.41. The molecule has 1 saturated heterocycles. The number of allylic oxidation sites excluding steroid dienone is 2. The van der Waals surface area contributed by atoms with E-state index in [9.17, 15) is 19.5 Å². The van der Waals surface area contributed by atoms with Gasteiger partial charge in [-0.15, -0.1) is 11.8 Å². The third kappa shape index (κ3) is 7.08. The molecule has 0 spiro atoms. The van der Waals surface area contributed by atoms with Crippen LogP contribution in [0.2, 0.25) is 0 Å². The molecular weight excluding hydrogens is 500 g/mol. The summed E-state index contributed by atoms with van der Waals surface area (Å²) in [7, 11) is 0. The molecule has 0 aromatic rings. The molecule has 216 valence electrons. The molecular formula is C30H50N2O5S. The van der Waals surface area contributed by atoms with Crippen LogP contribution in [-0.2, 0) is 14.3 Å². The number of alkyl carbamates (subject to hydrolysis) is 1. The highest BCUT2D eigenvalue weighted by Crippen LogP contribution is 2.51. The first kappa shape index (κ1) is 30.8. The number of hydrogen-bond acceptors (Lipinski definition) is 5. The molecule has 0 bridgehead atoms. The van der Waals surface area contributed by atoms with Crippen LogP contribution in [0.3, 0.4) is 0 Å². The van der Waals surface area contributed by atoms with Crippen molar-refractivity contribution < 1.29 is 24.2 Å². The van der Waals surface area contributed by atoms with E-state index in [1.54, 1.807) is 0 Å². The fraction of sp³-hybridized carbons (Fsp3) is 0.833. The normalized spacial score (nSPS) is 29.7. The summed E-state index contributed by atoms with van der Waals surface area (Å²) in [6, 6.07) is -1.85. The number of aliphatic carboxylic acids is 1. The molecule has 2 fully saturated rings. The number of ether oxygens (including phenoxy) is 1. The van der Waals surface area contributed by atoms with Gasteiger partial charge in [-0.2, -0.15) is 0 Å². The standard InChI is InChI=1S/C30H50N2O5S/c1-19(2)18-23(25(33)32-24(26(34)35)29(5,6)38-30(32,7)8)31-27(36)37-28(3,4)22-16-14-21(15-17-22)20-12-10-9-11-13-20/h10,12,19-24H,9,11,13-18H2,1-8H3,(H,31,36)(H,34,35)/t20?,21?,22?,23-,24+/m0/s1. The number of thioether (sulfide) groups is 1. The maximum absolute atomic E-state index is 13.9. The Labute approximate surface area is 233 Å². The van der Waals surface area contributed by atoms with Crippen LogP contribution in [0.25, 0.3) is 0 Å². The number of carbonyl (C=O) groups is 3. The van der Waals surface area contributed by atoms with Gasteiger partial charge in [-0.1, -0.05) is 26.0 Å². The van der Waals surface area contributed by atoms with Crippen molar-refractivity contribution in [3.8, 4) is 0 Å². The van der Waals surface area contributed by atoms with Crippen molar-refractivity contribution in [3.63, 3.8) is 0 Å². The summed E-state index contributed by atoms with van der Waals surface area (Å²) < 4.78 is 5.33. The SMILES string of the molecule is CC(C)C[C@H](NC(=O)OC(C)(C)C1CCC(C2C=CCCC2)CC1)C(=O)N1[C@H](C(=O)O)C(C)(C)SC1(C)C. The molecule has 1 unspecified atom stereocenters. The Morgan fingerprint density at radius 2 is 1.74 bits per heavy atom. The van der Waals surface area contributed by atoms with Crippen molar-refractivity contribution in [1.82, 2.24) is 10.2 Å². The van der Waals surface area contributed by atoms with Gasteiger partial charge in [0, 0.05) is 4.75 Å². The van der Waals surface area contributed by atoms with Crippen molar-refractivity contribution in [2.75, 3.05) is 0 Å². The zero-order chi connectivity index (χ0) is 28.5. The lowest BCUT2D eigenvalue weighted by Crippen LogP contribution is -2.59. The van der Waals surface area contributed by atoms with Crippen LogP contribution >= 0.6 is 11.8 Å². The van der Waals surface area contributed by atoms with Crippen LogP contribution in [0.5, 0.6) is 0 Å². The maximum atomic E-state index is 13.9. The summed E-state index contributed by atoms with van der Waals surface area (Å²) in [4.78, 5) is 40.0. The summed E-state index contributed by atoms with van der Waals surface area (Å²) in [5, 5.41) is 12.9. The number of nitrogens with zero attached hydrogens (tertiary/aromatic N) is 1. The Morgan fingerprint density at radius 1 is 1.11 bits per heavy atom. The Kier molecular flexibility index (Phi) is 9.58. The number of carboxylic acids is 1. The molecule has 7 nitrogen and oxygen atoms in total. The van der Waals surface area contributed by atoms with E-state index in [1.807, 2.05) is 55.4 Å². The lowest BCUT2D eigenvalue weighted by molar-refractivity contribution is -0.153. The van der Waals surface area contributed by atoms with Crippen LogP contribution < -0.4 is 5.32 Å². The number of hydrogen-bond donors (Lipinski definition) is 2. The Balaban J connectivity index is 1.67. The lowest BCUT2D eigenvalue weighted by atomic mass is 9.69. The molecule has 2 aliphatic carbocycles. The van der Waals surface area contributed by atoms with E-state index in [0.717, 1.165) is 25.7 Å². The Hall–Kier alpha value is -1.70. The van der Waals surface area contributed by atoms with Gasteiger partial charge in [0.25, 0.3) is 0 Å². The predicted molar refractivity (Wildman–Crippen MR) is 153 cm³/mol. The summed E-state index contributed by atoms with van der Waals surface area (Å²) in [6.45, 7) is 15.4. The third-order valence-electron chi connectivity index (χ3n) is 8.79. The zero-order valence-corrected chi connectivity index (χ0v) is 25.5. The molecule has 3 rings (SSSR count). The van der Waals surface area contributed by atoms with Crippen LogP contribution in [0, 0.1) is 23.7 Å². The van der Waals surface area contributed by atoms with Gasteiger partial charge in [0.1, 0.15) is 17.7 Å². The first-order valence-electron chi connectivity index (χ1n) is 14.5. The minimum atomic E-state index is -1.03. The average molecular weight is 551 g/mol. The van der Waals surface area contributed by atoms with Crippen molar-refractivity contribution in [1.29, 1.82) is 0 Å². The molecule has 3 atom stereocenters. The molecule has 8 heteroatoms. The second-order valence-electron chi connectivity index (χ2n) is 13.6. The van der Waals surface area contributed by atoms with Gasteiger partial charge in [0.05, 0.1) is 4.87 Å². The van der Waals surface area contributed by atoms with Gasteiger partial charge in [-0.05, 0) is 117 Å². The molecule has 3 aliphatic rings. The van der Waals surface area contributed by atoms with Gasteiger partial charge in [-0.3, -0.25) is 4.79 Å². The molecule has 0 aromatic heterocycles. The quantitative estimate of drug-likeness (QED) is 0.330. The van der Waals surface area contributed by atoms with Crippen molar-refractivity contribution >= 4 is 29.7 Å². The van der Waals surface area contributed by atoms with E-state index in [1.165, 1.54) is 35.9 Å². The Morgan fingerprint density at radius 3 is 2.26 bits per heavy atom. The maximum Gasteiger partial charge on any atom is 0.408 e. The van der Waals surface area contributed by atoms with Crippen LogP contribution in [0.15, 0.2) is 12.2 Å². The summed E-state index contributed by atoms with van der Waals surface area (Å²) in [5.74, 6) is 0.386. The Bertz CT molecular complexity index is 904. The van der Waals surface area contributed by atoms with Crippen LogP contribution in [0.4, 0.5) is 4.79 Å². The van der Waals surface area contributed by atoms with E-state index in [2.05, 4.69) is 17.5 Å².